The number of nitrogens with one attached hydrogen (secondary N) is 1. The van der Waals surface area contributed by atoms with Crippen molar-refractivity contribution in [3.8, 4) is 11.5 Å². The van der Waals surface area contributed by atoms with Crippen LogP contribution in [-0.4, -0.2) is 31.9 Å². The summed E-state index contributed by atoms with van der Waals surface area (Å²) < 4.78 is 10.6. The molecule has 2 aromatic rings. The summed E-state index contributed by atoms with van der Waals surface area (Å²) in [6, 6.07) is 14.9. The molecule has 0 bridgehead atoms. The van der Waals surface area contributed by atoms with Crippen LogP contribution in [0.15, 0.2) is 42.5 Å². The second-order valence-corrected chi connectivity index (χ2v) is 6.61. The van der Waals surface area contributed by atoms with E-state index in [0.717, 1.165) is 36.0 Å². The van der Waals surface area contributed by atoms with Crippen molar-refractivity contribution < 1.29 is 9.47 Å². The molecule has 1 aliphatic rings. The van der Waals surface area contributed by atoms with Crippen LogP contribution in [0.5, 0.6) is 11.5 Å². The maximum atomic E-state index is 5.64. The average molecular weight is 356 g/mol. The number of nitrogens with zero attached hydrogens (tertiary/aromatic N) is 1. The summed E-state index contributed by atoms with van der Waals surface area (Å²) in [6.07, 6.45) is 1.90. The molecule has 0 radical (unpaired) electrons. The zero-order valence-corrected chi connectivity index (χ0v) is 15.7. The van der Waals surface area contributed by atoms with Gasteiger partial charge in [0.15, 0.2) is 16.6 Å². The Morgan fingerprint density at radius 2 is 1.92 bits per heavy atom. The third-order valence-corrected chi connectivity index (χ3v) is 4.90. The predicted octanol–water partition coefficient (Wildman–Crippen LogP) is 3.57. The Morgan fingerprint density at radius 1 is 1.16 bits per heavy atom. The van der Waals surface area contributed by atoms with Crippen LogP contribution < -0.4 is 19.7 Å². The molecule has 0 aromatic heterocycles. The van der Waals surface area contributed by atoms with E-state index >= 15 is 0 Å². The Morgan fingerprint density at radius 3 is 2.68 bits per heavy atom. The van der Waals surface area contributed by atoms with Crippen molar-refractivity contribution in [3.63, 3.8) is 0 Å². The summed E-state index contributed by atoms with van der Waals surface area (Å²) in [6.45, 7) is 2.99. The summed E-state index contributed by atoms with van der Waals surface area (Å²) in [5, 5.41) is 4.19. The van der Waals surface area contributed by atoms with Crippen molar-refractivity contribution in [2.45, 2.75) is 25.8 Å². The first-order chi connectivity index (χ1) is 12.1. The number of rotatable bonds is 5. The number of fused-ring (bicyclic) bond motifs is 1. The van der Waals surface area contributed by atoms with E-state index in [-0.39, 0.29) is 0 Å². The van der Waals surface area contributed by atoms with Gasteiger partial charge < -0.3 is 19.7 Å². The van der Waals surface area contributed by atoms with E-state index in [1.54, 1.807) is 14.2 Å². The fourth-order valence-corrected chi connectivity index (χ4v) is 3.69. The second-order valence-electron chi connectivity index (χ2n) is 6.22. The maximum Gasteiger partial charge on any atom is 0.173 e. The van der Waals surface area contributed by atoms with Crippen LogP contribution in [0.2, 0.25) is 0 Å². The Bertz CT molecular complexity index is 763. The number of anilines is 1. The zero-order valence-electron chi connectivity index (χ0n) is 14.9. The van der Waals surface area contributed by atoms with Gasteiger partial charge in [0.1, 0.15) is 0 Å². The van der Waals surface area contributed by atoms with Gasteiger partial charge in [0, 0.05) is 18.3 Å². The normalized spacial score (nSPS) is 15.6. The molecule has 3 rings (SSSR count). The van der Waals surface area contributed by atoms with Crippen LogP contribution in [0.1, 0.15) is 18.1 Å². The van der Waals surface area contributed by atoms with Crippen LogP contribution in [0.4, 0.5) is 5.69 Å². The molecule has 1 unspecified atom stereocenters. The molecule has 0 fully saturated rings. The first-order valence-corrected chi connectivity index (χ1v) is 8.90. The monoisotopic (exact) mass is 356 g/mol. The Hall–Kier alpha value is -2.27. The smallest absolute Gasteiger partial charge is 0.173 e. The van der Waals surface area contributed by atoms with Gasteiger partial charge in [0.05, 0.1) is 14.2 Å². The minimum atomic E-state index is 0.387. The van der Waals surface area contributed by atoms with Gasteiger partial charge in [0.2, 0.25) is 0 Å². The number of benzene rings is 2. The Labute approximate surface area is 154 Å². The molecule has 2 aromatic carbocycles. The predicted molar refractivity (Wildman–Crippen MR) is 106 cm³/mol. The van der Waals surface area contributed by atoms with E-state index in [1.165, 1.54) is 16.8 Å². The molecule has 0 spiro atoms. The quantitative estimate of drug-likeness (QED) is 0.829. The average Bonchev–Trinajstić information content (AvgIpc) is 2.97. The van der Waals surface area contributed by atoms with E-state index in [1.807, 2.05) is 12.1 Å². The molecular formula is C20H24N2O2S. The summed E-state index contributed by atoms with van der Waals surface area (Å²) in [4.78, 5) is 2.22. The van der Waals surface area contributed by atoms with E-state index in [9.17, 15) is 0 Å². The van der Waals surface area contributed by atoms with Crippen molar-refractivity contribution in [1.82, 2.24) is 5.32 Å². The molecule has 1 heterocycles. The van der Waals surface area contributed by atoms with Gasteiger partial charge in [-0.3, -0.25) is 0 Å². The number of hydrogen-bond donors (Lipinski definition) is 1. The lowest BCUT2D eigenvalue weighted by Crippen LogP contribution is -2.43. The molecule has 0 saturated carbocycles. The van der Waals surface area contributed by atoms with Crippen molar-refractivity contribution in [1.29, 1.82) is 0 Å². The topological polar surface area (TPSA) is 33.7 Å². The number of para-hydroxylation sites is 1. The van der Waals surface area contributed by atoms with Gasteiger partial charge in [-0.25, -0.2) is 0 Å². The first-order valence-electron chi connectivity index (χ1n) is 8.50. The van der Waals surface area contributed by atoms with Crippen molar-refractivity contribution in [2.75, 3.05) is 25.7 Å². The molecule has 1 N–H and O–H groups in total. The molecule has 0 saturated heterocycles. The molecule has 0 aliphatic carbocycles. The van der Waals surface area contributed by atoms with Crippen LogP contribution >= 0.6 is 12.2 Å². The summed E-state index contributed by atoms with van der Waals surface area (Å²) in [7, 11) is 3.30. The molecular weight excluding hydrogens is 332 g/mol. The molecule has 0 amide bonds. The molecule has 1 aliphatic heterocycles. The van der Waals surface area contributed by atoms with E-state index in [4.69, 9.17) is 21.7 Å². The van der Waals surface area contributed by atoms with Crippen molar-refractivity contribution >= 4 is 23.0 Å². The highest BCUT2D eigenvalue weighted by Gasteiger charge is 2.28. The first kappa shape index (κ1) is 17.5. The summed E-state index contributed by atoms with van der Waals surface area (Å²) >= 11 is 5.64. The molecule has 132 valence electrons. The lowest BCUT2D eigenvalue weighted by atomic mass is 10.1. The largest absolute Gasteiger partial charge is 0.493 e. The van der Waals surface area contributed by atoms with Crippen molar-refractivity contribution in [3.05, 3.63) is 53.6 Å². The van der Waals surface area contributed by atoms with E-state index in [2.05, 4.69) is 47.5 Å². The van der Waals surface area contributed by atoms with E-state index in [0.29, 0.717) is 6.04 Å². The number of hydrogen-bond acceptors (Lipinski definition) is 3. The maximum absolute atomic E-state index is 5.64. The minimum Gasteiger partial charge on any atom is -0.493 e. The van der Waals surface area contributed by atoms with Crippen LogP contribution in [0, 0.1) is 0 Å². The van der Waals surface area contributed by atoms with Gasteiger partial charge in [-0.15, -0.1) is 0 Å². The number of ether oxygens (including phenoxy) is 2. The van der Waals surface area contributed by atoms with Gasteiger partial charge in [0.25, 0.3) is 0 Å². The summed E-state index contributed by atoms with van der Waals surface area (Å²) in [5.41, 5.74) is 3.76. The van der Waals surface area contributed by atoms with Gasteiger partial charge in [-0.1, -0.05) is 24.3 Å². The highest BCUT2D eigenvalue weighted by atomic mass is 32.1. The molecule has 5 heteroatoms. The fraction of sp³-hybridized carbons (Fsp3) is 0.350. The molecule has 4 nitrogen and oxygen atoms in total. The number of thiocarbonyl (C=S) groups is 1. The number of methoxy groups -OCH3 is 2. The van der Waals surface area contributed by atoms with Crippen molar-refractivity contribution in [2.24, 2.45) is 0 Å². The highest BCUT2D eigenvalue weighted by Crippen LogP contribution is 2.32. The van der Waals surface area contributed by atoms with Crippen LogP contribution in [0.25, 0.3) is 0 Å². The Balaban J connectivity index is 1.60. The minimum absolute atomic E-state index is 0.387. The van der Waals surface area contributed by atoms with Crippen LogP contribution in [-0.2, 0) is 12.8 Å². The summed E-state index contributed by atoms with van der Waals surface area (Å²) in [5.74, 6) is 1.50. The SMILES string of the molecule is COc1ccc(CCNC(=S)N2c3ccccc3CC2C)cc1OC. The molecule has 25 heavy (non-hydrogen) atoms. The Kier molecular flexibility index (Phi) is 5.43. The highest BCUT2D eigenvalue weighted by molar-refractivity contribution is 7.80. The zero-order chi connectivity index (χ0) is 17.8. The third kappa shape index (κ3) is 3.71. The molecule has 1 atom stereocenters. The van der Waals surface area contributed by atoms with Gasteiger partial charge in [-0.2, -0.15) is 0 Å². The van der Waals surface area contributed by atoms with Gasteiger partial charge in [-0.05, 0) is 61.3 Å². The second kappa shape index (κ2) is 7.74. The lowest BCUT2D eigenvalue weighted by Gasteiger charge is -2.26. The lowest BCUT2D eigenvalue weighted by molar-refractivity contribution is 0.354. The van der Waals surface area contributed by atoms with Crippen LogP contribution in [0.3, 0.4) is 0 Å². The standard InChI is InChI=1S/C20H24N2O2S/c1-14-12-16-6-4-5-7-17(16)22(14)20(25)21-11-10-15-8-9-18(23-2)19(13-15)24-3/h4-9,13-14H,10-12H2,1-3H3,(H,21,25). The fourth-order valence-electron chi connectivity index (χ4n) is 3.31. The van der Waals surface area contributed by atoms with Gasteiger partial charge >= 0.3 is 0 Å². The third-order valence-electron chi connectivity index (χ3n) is 4.56. The van der Waals surface area contributed by atoms with E-state index < -0.39 is 0 Å².